The molecule has 0 radical (unpaired) electrons. The predicted octanol–water partition coefficient (Wildman–Crippen LogP) is 2.48. The lowest BCUT2D eigenvalue weighted by Crippen LogP contribution is -2.43. The van der Waals surface area contributed by atoms with Crippen molar-refractivity contribution in [1.82, 2.24) is 4.90 Å². The van der Waals surface area contributed by atoms with E-state index in [-0.39, 0.29) is 0 Å². The van der Waals surface area contributed by atoms with Crippen molar-refractivity contribution in [2.75, 3.05) is 13.1 Å². The Morgan fingerprint density at radius 2 is 2.00 bits per heavy atom. The third-order valence-electron chi connectivity index (χ3n) is 4.95. The van der Waals surface area contributed by atoms with Crippen LogP contribution >= 0.6 is 0 Å². The minimum atomic E-state index is 0.360. The molecule has 1 saturated carbocycles. The molecule has 1 aliphatic heterocycles. The molecule has 1 aliphatic carbocycles. The van der Waals surface area contributed by atoms with Crippen molar-refractivity contribution in [2.24, 2.45) is 23.0 Å². The van der Waals surface area contributed by atoms with Gasteiger partial charge in [-0.3, -0.25) is 0 Å². The maximum absolute atomic E-state index is 6.39. The molecule has 2 heteroatoms. The minimum Gasteiger partial charge on any atom is -0.327 e. The molecule has 16 heavy (non-hydrogen) atoms. The Morgan fingerprint density at radius 3 is 2.44 bits per heavy atom. The highest BCUT2D eigenvalue weighted by Crippen LogP contribution is 2.41. The van der Waals surface area contributed by atoms with Gasteiger partial charge in [0, 0.05) is 25.2 Å². The Balaban J connectivity index is 1.91. The molecule has 4 unspecified atom stereocenters. The first-order valence-corrected chi connectivity index (χ1v) is 6.90. The van der Waals surface area contributed by atoms with Gasteiger partial charge in [0.05, 0.1) is 0 Å². The molecule has 2 aliphatic rings. The monoisotopic (exact) mass is 224 g/mol. The van der Waals surface area contributed by atoms with Gasteiger partial charge in [0.15, 0.2) is 0 Å². The zero-order valence-electron chi connectivity index (χ0n) is 11.4. The highest BCUT2D eigenvalue weighted by Gasteiger charge is 2.41. The van der Waals surface area contributed by atoms with Crippen molar-refractivity contribution in [3.63, 3.8) is 0 Å². The van der Waals surface area contributed by atoms with E-state index in [1.54, 1.807) is 0 Å². The normalized spacial score (nSPS) is 44.1. The van der Waals surface area contributed by atoms with E-state index in [2.05, 4.69) is 32.6 Å². The Labute approximate surface area is 101 Å². The van der Waals surface area contributed by atoms with Gasteiger partial charge in [-0.05, 0) is 43.4 Å². The van der Waals surface area contributed by atoms with Gasteiger partial charge in [-0.15, -0.1) is 0 Å². The lowest BCUT2D eigenvalue weighted by atomic mass is 9.85. The Morgan fingerprint density at radius 1 is 1.31 bits per heavy atom. The summed E-state index contributed by atoms with van der Waals surface area (Å²) in [5.74, 6) is 1.60. The number of hydrogen-bond donors (Lipinski definition) is 1. The zero-order valence-corrected chi connectivity index (χ0v) is 11.4. The maximum Gasteiger partial charge on any atom is 0.0131 e. The fourth-order valence-electron chi connectivity index (χ4n) is 3.69. The van der Waals surface area contributed by atoms with E-state index in [4.69, 9.17) is 5.73 Å². The van der Waals surface area contributed by atoms with E-state index in [1.807, 2.05) is 0 Å². The summed E-state index contributed by atoms with van der Waals surface area (Å²) in [5.41, 5.74) is 6.75. The molecule has 0 amide bonds. The van der Waals surface area contributed by atoms with Crippen molar-refractivity contribution in [3.05, 3.63) is 0 Å². The van der Waals surface area contributed by atoms with Gasteiger partial charge >= 0.3 is 0 Å². The molecule has 2 N–H and O–H groups in total. The average Bonchev–Trinajstić information content (AvgIpc) is 2.61. The topological polar surface area (TPSA) is 29.3 Å². The second-order valence-electron chi connectivity index (χ2n) is 6.96. The molecule has 1 heterocycles. The van der Waals surface area contributed by atoms with E-state index >= 15 is 0 Å². The van der Waals surface area contributed by atoms with Gasteiger partial charge in [0.1, 0.15) is 0 Å². The van der Waals surface area contributed by atoms with Gasteiger partial charge in [0.2, 0.25) is 0 Å². The molecule has 0 spiro atoms. The highest BCUT2D eigenvalue weighted by molar-refractivity contribution is 4.96. The molecule has 1 saturated heterocycles. The fourth-order valence-corrected chi connectivity index (χ4v) is 3.69. The van der Waals surface area contributed by atoms with Crippen LogP contribution in [0.4, 0.5) is 0 Å². The lowest BCUT2D eigenvalue weighted by Gasteiger charge is -2.31. The third-order valence-corrected chi connectivity index (χ3v) is 4.95. The van der Waals surface area contributed by atoms with Crippen LogP contribution in [0.3, 0.4) is 0 Å². The summed E-state index contributed by atoms with van der Waals surface area (Å²) in [6.45, 7) is 11.9. The predicted molar refractivity (Wildman–Crippen MR) is 69.3 cm³/mol. The van der Waals surface area contributed by atoms with Gasteiger partial charge < -0.3 is 10.6 Å². The van der Waals surface area contributed by atoms with Gasteiger partial charge in [-0.1, -0.05) is 20.8 Å². The molecule has 0 aromatic carbocycles. The Hall–Kier alpha value is -0.0800. The molecule has 2 fully saturated rings. The van der Waals surface area contributed by atoms with Crippen LogP contribution < -0.4 is 5.73 Å². The summed E-state index contributed by atoms with van der Waals surface area (Å²) < 4.78 is 0. The van der Waals surface area contributed by atoms with Crippen LogP contribution in [0.1, 0.15) is 47.0 Å². The largest absolute Gasteiger partial charge is 0.327 e. The molecule has 2 rings (SSSR count). The van der Waals surface area contributed by atoms with Gasteiger partial charge in [-0.25, -0.2) is 0 Å². The average molecular weight is 224 g/mol. The summed E-state index contributed by atoms with van der Waals surface area (Å²) in [5, 5.41) is 0. The minimum absolute atomic E-state index is 0.360. The molecule has 0 bridgehead atoms. The highest BCUT2D eigenvalue weighted by atomic mass is 15.2. The summed E-state index contributed by atoms with van der Waals surface area (Å²) >= 11 is 0. The third kappa shape index (κ3) is 2.28. The molecule has 0 aromatic heterocycles. The van der Waals surface area contributed by atoms with Crippen LogP contribution in [0.2, 0.25) is 0 Å². The first-order valence-electron chi connectivity index (χ1n) is 6.90. The molecular formula is C14H28N2. The van der Waals surface area contributed by atoms with Gasteiger partial charge in [-0.2, -0.15) is 0 Å². The second-order valence-corrected chi connectivity index (χ2v) is 6.96. The van der Waals surface area contributed by atoms with Gasteiger partial charge in [0.25, 0.3) is 0 Å². The first kappa shape index (κ1) is 12.4. The molecule has 0 aromatic rings. The lowest BCUT2D eigenvalue weighted by molar-refractivity contribution is 0.198. The molecular weight excluding hydrogens is 196 g/mol. The van der Waals surface area contributed by atoms with E-state index in [0.717, 1.165) is 17.9 Å². The van der Waals surface area contributed by atoms with Crippen molar-refractivity contribution in [2.45, 2.75) is 59.0 Å². The second kappa shape index (κ2) is 4.30. The van der Waals surface area contributed by atoms with E-state index in [1.165, 1.54) is 32.4 Å². The maximum atomic E-state index is 6.39. The number of likely N-dealkylation sites (tertiary alicyclic amines) is 1. The van der Waals surface area contributed by atoms with Crippen molar-refractivity contribution in [1.29, 1.82) is 0 Å². The van der Waals surface area contributed by atoms with Crippen LogP contribution in [0.5, 0.6) is 0 Å². The van der Waals surface area contributed by atoms with Crippen molar-refractivity contribution >= 4 is 0 Å². The zero-order chi connectivity index (χ0) is 11.9. The number of hydrogen-bond acceptors (Lipinski definition) is 2. The standard InChI is InChI=1S/C14H28N2/c1-10-7-11(2)16(8-10)9-12-5-6-14(3,4)13(12)15/h10-13H,5-9,15H2,1-4H3. The van der Waals surface area contributed by atoms with Crippen LogP contribution in [-0.2, 0) is 0 Å². The Bertz CT molecular complexity index is 249. The van der Waals surface area contributed by atoms with Crippen LogP contribution in [0.25, 0.3) is 0 Å². The van der Waals surface area contributed by atoms with E-state index in [0.29, 0.717) is 11.5 Å². The fraction of sp³-hybridized carbons (Fsp3) is 1.00. The van der Waals surface area contributed by atoms with Crippen molar-refractivity contribution < 1.29 is 0 Å². The number of nitrogens with zero attached hydrogens (tertiary/aromatic N) is 1. The summed E-state index contributed by atoms with van der Waals surface area (Å²) in [4.78, 5) is 2.66. The van der Waals surface area contributed by atoms with E-state index < -0.39 is 0 Å². The summed E-state index contributed by atoms with van der Waals surface area (Å²) in [6.07, 6.45) is 3.99. The SMILES string of the molecule is CC1CC(C)N(CC2CCC(C)(C)C2N)C1. The number of nitrogens with two attached hydrogens (primary N) is 1. The van der Waals surface area contributed by atoms with Crippen molar-refractivity contribution in [3.8, 4) is 0 Å². The number of rotatable bonds is 2. The first-order chi connectivity index (χ1) is 7.40. The van der Waals surface area contributed by atoms with Crippen LogP contribution in [0.15, 0.2) is 0 Å². The van der Waals surface area contributed by atoms with Crippen LogP contribution in [0, 0.1) is 17.3 Å². The smallest absolute Gasteiger partial charge is 0.0131 e. The Kier molecular flexibility index (Phi) is 3.33. The molecule has 4 atom stereocenters. The molecule has 94 valence electrons. The van der Waals surface area contributed by atoms with Crippen LogP contribution in [-0.4, -0.2) is 30.1 Å². The summed E-state index contributed by atoms with van der Waals surface area (Å²) in [7, 11) is 0. The quantitative estimate of drug-likeness (QED) is 0.781. The molecule has 2 nitrogen and oxygen atoms in total. The van der Waals surface area contributed by atoms with E-state index in [9.17, 15) is 0 Å². The summed E-state index contributed by atoms with van der Waals surface area (Å²) in [6, 6.07) is 1.17.